The molecule has 1 aromatic rings. The molecule has 16 heavy (non-hydrogen) atoms. The third-order valence-electron chi connectivity index (χ3n) is 3.10. The predicted octanol–water partition coefficient (Wildman–Crippen LogP) is 1.82. The number of aryl methyl sites for hydroxylation is 1. The van der Waals surface area contributed by atoms with Crippen LogP contribution in [0.5, 0.6) is 5.88 Å². The van der Waals surface area contributed by atoms with E-state index < -0.39 is 0 Å². The molecule has 2 unspecified atom stereocenters. The second-order valence-electron chi connectivity index (χ2n) is 4.41. The summed E-state index contributed by atoms with van der Waals surface area (Å²) in [5.41, 5.74) is 6.94. The highest BCUT2D eigenvalue weighted by molar-refractivity contribution is 5.15. The molecule has 1 saturated carbocycles. The zero-order valence-electron chi connectivity index (χ0n) is 9.72. The standard InChI is InChI=1S/C12H19N3O/c1-9-12(15-8-7-14-9)16-11-6-4-2-3-5-10(11)13/h7-8,10-11H,2-6,13H2,1H3. The fraction of sp³-hybridized carbons (Fsp3) is 0.667. The van der Waals surface area contributed by atoms with E-state index in [1.54, 1.807) is 12.4 Å². The smallest absolute Gasteiger partial charge is 0.235 e. The molecule has 1 aromatic heterocycles. The Morgan fingerprint density at radius 1 is 1.19 bits per heavy atom. The molecular weight excluding hydrogens is 202 g/mol. The summed E-state index contributed by atoms with van der Waals surface area (Å²) in [5, 5.41) is 0. The Morgan fingerprint density at radius 2 is 1.94 bits per heavy atom. The topological polar surface area (TPSA) is 61.0 Å². The van der Waals surface area contributed by atoms with Gasteiger partial charge in [0.25, 0.3) is 0 Å². The van der Waals surface area contributed by atoms with Gasteiger partial charge >= 0.3 is 0 Å². The Bertz CT molecular complexity index is 343. The van der Waals surface area contributed by atoms with Crippen molar-refractivity contribution >= 4 is 0 Å². The molecule has 0 saturated heterocycles. The van der Waals surface area contributed by atoms with Gasteiger partial charge in [0.2, 0.25) is 5.88 Å². The van der Waals surface area contributed by atoms with Gasteiger partial charge in [0.15, 0.2) is 0 Å². The molecule has 0 radical (unpaired) electrons. The van der Waals surface area contributed by atoms with Crippen molar-refractivity contribution in [1.82, 2.24) is 9.97 Å². The molecule has 88 valence electrons. The third kappa shape index (κ3) is 2.70. The first-order valence-electron chi connectivity index (χ1n) is 5.97. The average molecular weight is 221 g/mol. The quantitative estimate of drug-likeness (QED) is 0.774. The first-order chi connectivity index (χ1) is 7.77. The van der Waals surface area contributed by atoms with E-state index in [0.717, 1.165) is 18.5 Å². The second-order valence-corrected chi connectivity index (χ2v) is 4.41. The second kappa shape index (κ2) is 5.25. The SMILES string of the molecule is Cc1nccnc1OC1CCCCCC1N. The summed E-state index contributed by atoms with van der Waals surface area (Å²) >= 11 is 0. The summed E-state index contributed by atoms with van der Waals surface area (Å²) in [5.74, 6) is 0.629. The lowest BCUT2D eigenvalue weighted by Crippen LogP contribution is -2.38. The fourth-order valence-electron chi connectivity index (χ4n) is 2.10. The summed E-state index contributed by atoms with van der Waals surface area (Å²) in [7, 11) is 0. The van der Waals surface area contributed by atoms with E-state index in [1.807, 2.05) is 6.92 Å². The Hall–Kier alpha value is -1.16. The van der Waals surface area contributed by atoms with E-state index in [0.29, 0.717) is 5.88 Å². The highest BCUT2D eigenvalue weighted by Gasteiger charge is 2.22. The van der Waals surface area contributed by atoms with E-state index in [4.69, 9.17) is 10.5 Å². The summed E-state index contributed by atoms with van der Waals surface area (Å²) in [6.45, 7) is 1.91. The maximum absolute atomic E-state index is 6.10. The van der Waals surface area contributed by atoms with Gasteiger partial charge in [0, 0.05) is 18.4 Å². The third-order valence-corrected chi connectivity index (χ3v) is 3.10. The number of rotatable bonds is 2. The van der Waals surface area contributed by atoms with Gasteiger partial charge in [-0.2, -0.15) is 0 Å². The van der Waals surface area contributed by atoms with E-state index >= 15 is 0 Å². The molecule has 1 aliphatic carbocycles. The molecule has 1 fully saturated rings. The number of nitrogens with two attached hydrogens (primary N) is 1. The van der Waals surface area contributed by atoms with Crippen LogP contribution < -0.4 is 10.5 Å². The molecule has 4 nitrogen and oxygen atoms in total. The molecule has 2 rings (SSSR count). The number of hydrogen-bond donors (Lipinski definition) is 1. The van der Waals surface area contributed by atoms with Crippen molar-refractivity contribution in [3.8, 4) is 5.88 Å². The molecule has 0 spiro atoms. The molecule has 4 heteroatoms. The number of ether oxygens (including phenoxy) is 1. The zero-order valence-corrected chi connectivity index (χ0v) is 9.72. The monoisotopic (exact) mass is 221 g/mol. The van der Waals surface area contributed by atoms with Crippen molar-refractivity contribution in [2.45, 2.75) is 51.2 Å². The van der Waals surface area contributed by atoms with Gasteiger partial charge in [-0.15, -0.1) is 0 Å². The van der Waals surface area contributed by atoms with Gasteiger partial charge < -0.3 is 10.5 Å². The Kier molecular flexibility index (Phi) is 3.72. The summed E-state index contributed by atoms with van der Waals surface area (Å²) in [4.78, 5) is 8.36. The van der Waals surface area contributed by atoms with Crippen molar-refractivity contribution in [2.75, 3.05) is 0 Å². The first-order valence-corrected chi connectivity index (χ1v) is 5.97. The van der Waals surface area contributed by atoms with Crippen molar-refractivity contribution in [2.24, 2.45) is 5.73 Å². The number of nitrogens with zero attached hydrogens (tertiary/aromatic N) is 2. The van der Waals surface area contributed by atoms with Crippen LogP contribution in [0.3, 0.4) is 0 Å². The van der Waals surface area contributed by atoms with Crippen LogP contribution in [0.15, 0.2) is 12.4 Å². The van der Waals surface area contributed by atoms with E-state index in [1.165, 1.54) is 19.3 Å². The number of hydrogen-bond acceptors (Lipinski definition) is 4. The lowest BCUT2D eigenvalue weighted by Gasteiger charge is -2.22. The molecular formula is C12H19N3O. The Morgan fingerprint density at radius 3 is 2.75 bits per heavy atom. The van der Waals surface area contributed by atoms with Crippen molar-refractivity contribution in [1.29, 1.82) is 0 Å². The summed E-state index contributed by atoms with van der Waals surface area (Å²) in [6, 6.07) is 0.129. The van der Waals surface area contributed by atoms with Crippen molar-refractivity contribution in [3.05, 3.63) is 18.1 Å². The fourth-order valence-corrected chi connectivity index (χ4v) is 2.10. The van der Waals surface area contributed by atoms with Gasteiger partial charge in [-0.05, 0) is 26.2 Å². The van der Waals surface area contributed by atoms with Crippen LogP contribution in [0.4, 0.5) is 0 Å². The molecule has 0 aromatic carbocycles. The summed E-state index contributed by atoms with van der Waals surface area (Å²) < 4.78 is 5.88. The largest absolute Gasteiger partial charge is 0.471 e. The van der Waals surface area contributed by atoms with Crippen LogP contribution >= 0.6 is 0 Å². The van der Waals surface area contributed by atoms with Crippen LogP contribution in [-0.4, -0.2) is 22.1 Å². The van der Waals surface area contributed by atoms with Crippen LogP contribution in [0.1, 0.15) is 37.8 Å². The first kappa shape index (κ1) is 11.3. The maximum atomic E-state index is 6.10. The van der Waals surface area contributed by atoms with Crippen LogP contribution in [0.2, 0.25) is 0 Å². The Balaban J connectivity index is 2.05. The van der Waals surface area contributed by atoms with Crippen LogP contribution in [0, 0.1) is 6.92 Å². The van der Waals surface area contributed by atoms with E-state index in [-0.39, 0.29) is 12.1 Å². The lowest BCUT2D eigenvalue weighted by molar-refractivity contribution is 0.154. The molecule has 1 aliphatic rings. The molecule has 0 bridgehead atoms. The minimum Gasteiger partial charge on any atom is -0.471 e. The highest BCUT2D eigenvalue weighted by atomic mass is 16.5. The van der Waals surface area contributed by atoms with Crippen LogP contribution in [-0.2, 0) is 0 Å². The van der Waals surface area contributed by atoms with Gasteiger partial charge in [-0.1, -0.05) is 12.8 Å². The minimum absolute atomic E-state index is 0.0953. The lowest BCUT2D eigenvalue weighted by atomic mass is 10.1. The van der Waals surface area contributed by atoms with Crippen molar-refractivity contribution < 1.29 is 4.74 Å². The Labute approximate surface area is 96.2 Å². The molecule has 2 atom stereocenters. The van der Waals surface area contributed by atoms with E-state index in [9.17, 15) is 0 Å². The van der Waals surface area contributed by atoms with Gasteiger partial charge in [-0.25, -0.2) is 4.98 Å². The molecule has 0 amide bonds. The van der Waals surface area contributed by atoms with Crippen LogP contribution in [0.25, 0.3) is 0 Å². The van der Waals surface area contributed by atoms with Gasteiger partial charge in [0.05, 0.1) is 5.69 Å². The highest BCUT2D eigenvalue weighted by Crippen LogP contribution is 2.22. The minimum atomic E-state index is 0.0953. The number of aromatic nitrogens is 2. The van der Waals surface area contributed by atoms with E-state index in [2.05, 4.69) is 9.97 Å². The molecule has 2 N–H and O–H groups in total. The van der Waals surface area contributed by atoms with Gasteiger partial charge in [0.1, 0.15) is 6.10 Å². The van der Waals surface area contributed by atoms with Crippen molar-refractivity contribution in [3.63, 3.8) is 0 Å². The molecule has 0 aliphatic heterocycles. The summed E-state index contributed by atoms with van der Waals surface area (Å²) in [6.07, 6.45) is 9.16. The predicted molar refractivity (Wildman–Crippen MR) is 62.2 cm³/mol. The molecule has 1 heterocycles. The zero-order chi connectivity index (χ0) is 11.4. The maximum Gasteiger partial charge on any atom is 0.235 e. The van der Waals surface area contributed by atoms with Gasteiger partial charge in [-0.3, -0.25) is 4.98 Å². The normalized spacial score (nSPS) is 26.1. The average Bonchev–Trinajstić information content (AvgIpc) is 2.48.